The highest BCUT2D eigenvalue weighted by atomic mass is 35.5. The molecule has 0 aliphatic carbocycles. The number of hydrogen-bond acceptors (Lipinski definition) is 2. The van der Waals surface area contributed by atoms with Crippen molar-refractivity contribution >= 4 is 22.4 Å². The molecular formula is C18H24ClNO. The number of unbranched alkanes of at least 4 members (excludes halogenated alkanes) is 3. The molecule has 0 amide bonds. The quantitative estimate of drug-likeness (QED) is 0.655. The van der Waals surface area contributed by atoms with Crippen molar-refractivity contribution in [2.24, 2.45) is 0 Å². The maximum Gasteiger partial charge on any atom is 0.127 e. The molecule has 0 aromatic heterocycles. The van der Waals surface area contributed by atoms with E-state index in [1.54, 1.807) is 0 Å². The maximum absolute atomic E-state index is 6.21. The third-order valence-corrected chi connectivity index (χ3v) is 3.92. The van der Waals surface area contributed by atoms with Crippen LogP contribution in [0.5, 0.6) is 5.75 Å². The largest absolute Gasteiger partial charge is 0.493 e. The van der Waals surface area contributed by atoms with Crippen molar-refractivity contribution < 1.29 is 4.74 Å². The van der Waals surface area contributed by atoms with Gasteiger partial charge in [-0.05, 0) is 38.1 Å². The van der Waals surface area contributed by atoms with Gasteiger partial charge in [0.15, 0.2) is 0 Å². The lowest BCUT2D eigenvalue weighted by molar-refractivity contribution is 0.308. The van der Waals surface area contributed by atoms with Crippen LogP contribution in [0.3, 0.4) is 0 Å². The molecule has 0 saturated carbocycles. The zero-order valence-electron chi connectivity index (χ0n) is 12.7. The second kappa shape index (κ2) is 8.91. The Balaban J connectivity index is 1.78. The van der Waals surface area contributed by atoms with E-state index in [2.05, 4.69) is 18.3 Å². The molecule has 0 heterocycles. The fraction of sp³-hybridized carbons (Fsp3) is 0.444. The Labute approximate surface area is 132 Å². The number of ether oxygens (including phenoxy) is 1. The van der Waals surface area contributed by atoms with Crippen LogP contribution < -0.4 is 10.1 Å². The fourth-order valence-corrected chi connectivity index (χ4v) is 2.65. The summed E-state index contributed by atoms with van der Waals surface area (Å²) in [6.07, 6.45) is 4.83. The molecule has 0 spiro atoms. The number of halogens is 1. The lowest BCUT2D eigenvalue weighted by Crippen LogP contribution is -2.13. The molecule has 3 heteroatoms. The Morgan fingerprint density at radius 2 is 1.71 bits per heavy atom. The molecule has 0 atom stereocenters. The minimum Gasteiger partial charge on any atom is -0.493 e. The first-order chi connectivity index (χ1) is 10.3. The zero-order valence-corrected chi connectivity index (χ0v) is 13.5. The van der Waals surface area contributed by atoms with Gasteiger partial charge in [-0.3, -0.25) is 0 Å². The average molecular weight is 306 g/mol. The number of hydrogen-bond donors (Lipinski definition) is 1. The summed E-state index contributed by atoms with van der Waals surface area (Å²) in [6.45, 7) is 5.10. The van der Waals surface area contributed by atoms with Gasteiger partial charge in [-0.1, -0.05) is 55.6 Å². The normalized spacial score (nSPS) is 11.0. The Bertz CT molecular complexity index is 556. The highest BCUT2D eigenvalue weighted by Crippen LogP contribution is 2.31. The van der Waals surface area contributed by atoms with Crippen molar-refractivity contribution in [3.63, 3.8) is 0 Å². The van der Waals surface area contributed by atoms with Crippen LogP contribution in [-0.4, -0.2) is 19.7 Å². The lowest BCUT2D eigenvalue weighted by Gasteiger charge is -2.10. The first-order valence-corrected chi connectivity index (χ1v) is 8.21. The average Bonchev–Trinajstić information content (AvgIpc) is 2.52. The number of nitrogens with one attached hydrogen (secondary N) is 1. The Morgan fingerprint density at radius 3 is 2.52 bits per heavy atom. The third kappa shape index (κ3) is 4.90. The van der Waals surface area contributed by atoms with Crippen LogP contribution in [0.15, 0.2) is 36.4 Å². The van der Waals surface area contributed by atoms with Crippen molar-refractivity contribution in [3.05, 3.63) is 41.4 Å². The Morgan fingerprint density at radius 1 is 0.952 bits per heavy atom. The predicted octanol–water partition coefficient (Wildman–Crippen LogP) is 5.04. The summed E-state index contributed by atoms with van der Waals surface area (Å²) in [6, 6.07) is 12.0. The summed E-state index contributed by atoms with van der Waals surface area (Å²) in [5.41, 5.74) is 0. The van der Waals surface area contributed by atoms with Crippen LogP contribution in [-0.2, 0) is 0 Å². The van der Waals surface area contributed by atoms with Crippen LogP contribution in [0.2, 0.25) is 5.02 Å². The van der Waals surface area contributed by atoms with E-state index in [0.717, 1.165) is 47.7 Å². The Hall–Kier alpha value is -1.25. The second-order valence-electron chi connectivity index (χ2n) is 5.21. The number of rotatable bonds is 9. The highest BCUT2D eigenvalue weighted by Gasteiger charge is 2.04. The molecular weight excluding hydrogens is 282 g/mol. The van der Waals surface area contributed by atoms with Crippen LogP contribution in [0.4, 0.5) is 0 Å². The monoisotopic (exact) mass is 305 g/mol. The van der Waals surface area contributed by atoms with Gasteiger partial charge < -0.3 is 10.1 Å². The van der Waals surface area contributed by atoms with Gasteiger partial charge in [0, 0.05) is 15.8 Å². The van der Waals surface area contributed by atoms with Crippen LogP contribution in [0.1, 0.15) is 32.6 Å². The molecule has 1 N–H and O–H groups in total. The molecule has 0 radical (unpaired) electrons. The highest BCUT2D eigenvalue weighted by molar-refractivity contribution is 6.35. The van der Waals surface area contributed by atoms with Crippen LogP contribution in [0, 0.1) is 0 Å². The van der Waals surface area contributed by atoms with E-state index in [1.807, 2.05) is 30.3 Å². The fourth-order valence-electron chi connectivity index (χ4n) is 2.43. The minimum absolute atomic E-state index is 0.771. The maximum atomic E-state index is 6.21. The molecule has 0 bridgehead atoms. The molecule has 0 aliphatic heterocycles. The molecule has 2 aromatic carbocycles. The lowest BCUT2D eigenvalue weighted by atomic mass is 10.1. The van der Waals surface area contributed by atoms with Gasteiger partial charge in [0.2, 0.25) is 0 Å². The second-order valence-corrected chi connectivity index (χ2v) is 5.61. The SMILES string of the molecule is CCNCCCCCCOc1ccc(Cl)c2ccccc12. The Kier molecular flexibility index (Phi) is 6.84. The molecule has 0 aliphatic rings. The van der Waals surface area contributed by atoms with Gasteiger partial charge in [-0.15, -0.1) is 0 Å². The standard InChI is InChI=1S/C18H24ClNO/c1-2-20-13-7-3-4-8-14-21-18-12-11-17(19)15-9-5-6-10-16(15)18/h5-6,9-12,20H,2-4,7-8,13-14H2,1H3. The van der Waals surface area contributed by atoms with Gasteiger partial charge in [0.1, 0.15) is 5.75 Å². The molecule has 0 fully saturated rings. The third-order valence-electron chi connectivity index (χ3n) is 3.59. The summed E-state index contributed by atoms with van der Waals surface area (Å²) in [5.74, 6) is 0.933. The molecule has 114 valence electrons. The van der Waals surface area contributed by atoms with Crippen molar-refractivity contribution in [1.82, 2.24) is 5.32 Å². The van der Waals surface area contributed by atoms with Crippen molar-refractivity contribution in [3.8, 4) is 5.75 Å². The molecule has 0 unspecified atom stereocenters. The number of benzene rings is 2. The van der Waals surface area contributed by atoms with Crippen molar-refractivity contribution in [2.45, 2.75) is 32.6 Å². The summed E-state index contributed by atoms with van der Waals surface area (Å²) in [5, 5.41) is 6.28. The number of fused-ring (bicyclic) bond motifs is 1. The summed E-state index contributed by atoms with van der Waals surface area (Å²) in [7, 11) is 0. The predicted molar refractivity (Wildman–Crippen MR) is 91.5 cm³/mol. The van der Waals surface area contributed by atoms with Gasteiger partial charge in [0.05, 0.1) is 6.61 Å². The smallest absolute Gasteiger partial charge is 0.127 e. The molecule has 2 rings (SSSR count). The van der Waals surface area contributed by atoms with E-state index in [0.29, 0.717) is 0 Å². The van der Waals surface area contributed by atoms with Gasteiger partial charge in [-0.25, -0.2) is 0 Å². The molecule has 21 heavy (non-hydrogen) atoms. The summed E-state index contributed by atoms with van der Waals surface area (Å²) in [4.78, 5) is 0. The zero-order chi connectivity index (χ0) is 14.9. The first kappa shape index (κ1) is 16.1. The van der Waals surface area contributed by atoms with E-state index in [9.17, 15) is 0 Å². The van der Waals surface area contributed by atoms with Crippen molar-refractivity contribution in [1.29, 1.82) is 0 Å². The van der Waals surface area contributed by atoms with E-state index in [-0.39, 0.29) is 0 Å². The first-order valence-electron chi connectivity index (χ1n) is 7.83. The minimum atomic E-state index is 0.771. The van der Waals surface area contributed by atoms with E-state index >= 15 is 0 Å². The van der Waals surface area contributed by atoms with Gasteiger partial charge >= 0.3 is 0 Å². The van der Waals surface area contributed by atoms with E-state index < -0.39 is 0 Å². The summed E-state index contributed by atoms with van der Waals surface area (Å²) >= 11 is 6.21. The molecule has 2 aromatic rings. The topological polar surface area (TPSA) is 21.3 Å². The van der Waals surface area contributed by atoms with Crippen LogP contribution in [0.25, 0.3) is 10.8 Å². The van der Waals surface area contributed by atoms with Gasteiger partial charge in [0.25, 0.3) is 0 Å². The van der Waals surface area contributed by atoms with E-state index in [1.165, 1.54) is 19.3 Å². The molecule has 0 saturated heterocycles. The molecule has 2 nitrogen and oxygen atoms in total. The van der Waals surface area contributed by atoms with Crippen molar-refractivity contribution in [2.75, 3.05) is 19.7 Å². The van der Waals surface area contributed by atoms with Gasteiger partial charge in [-0.2, -0.15) is 0 Å². The summed E-state index contributed by atoms with van der Waals surface area (Å²) < 4.78 is 5.93. The van der Waals surface area contributed by atoms with Crippen LogP contribution >= 0.6 is 11.6 Å². The van der Waals surface area contributed by atoms with E-state index in [4.69, 9.17) is 16.3 Å².